The van der Waals surface area contributed by atoms with Crippen molar-refractivity contribution in [3.63, 3.8) is 0 Å². The van der Waals surface area contributed by atoms with Gasteiger partial charge in [0.1, 0.15) is 23.3 Å². The van der Waals surface area contributed by atoms with Gasteiger partial charge in [-0.15, -0.1) is 0 Å². The molecule has 0 saturated carbocycles. The van der Waals surface area contributed by atoms with E-state index >= 15 is 0 Å². The van der Waals surface area contributed by atoms with Crippen molar-refractivity contribution < 1.29 is 17.6 Å². The first-order valence-corrected chi connectivity index (χ1v) is 6.98. The van der Waals surface area contributed by atoms with Gasteiger partial charge in [0.15, 0.2) is 0 Å². The van der Waals surface area contributed by atoms with E-state index in [0.717, 1.165) is 24.3 Å². The number of benzene rings is 2. The molecule has 0 radical (unpaired) electrons. The van der Waals surface area contributed by atoms with Crippen LogP contribution in [-0.4, -0.2) is 7.05 Å². The molecule has 0 aromatic heterocycles. The molecule has 21 heavy (non-hydrogen) atoms. The van der Waals surface area contributed by atoms with Gasteiger partial charge < -0.3 is 5.32 Å². The van der Waals surface area contributed by atoms with Crippen LogP contribution in [0.15, 0.2) is 34.8 Å². The second-order valence-electron chi connectivity index (χ2n) is 4.53. The van der Waals surface area contributed by atoms with Crippen molar-refractivity contribution in [1.29, 1.82) is 0 Å². The summed E-state index contributed by atoms with van der Waals surface area (Å²) >= 11 is 2.89. The van der Waals surface area contributed by atoms with Crippen molar-refractivity contribution in [2.45, 2.75) is 12.5 Å². The lowest BCUT2D eigenvalue weighted by molar-refractivity contribution is 0.491. The highest BCUT2D eigenvalue weighted by atomic mass is 79.9. The fourth-order valence-corrected chi connectivity index (χ4v) is 2.42. The molecule has 2 aromatic rings. The van der Waals surface area contributed by atoms with Crippen LogP contribution in [0, 0.1) is 23.3 Å². The van der Waals surface area contributed by atoms with E-state index in [2.05, 4.69) is 21.2 Å². The largest absolute Gasteiger partial charge is 0.313 e. The highest BCUT2D eigenvalue weighted by Gasteiger charge is 2.20. The zero-order valence-corrected chi connectivity index (χ0v) is 12.6. The summed E-state index contributed by atoms with van der Waals surface area (Å²) in [6, 6.07) is 4.76. The molecule has 2 rings (SSSR count). The van der Waals surface area contributed by atoms with Crippen molar-refractivity contribution >= 4 is 15.9 Å². The highest BCUT2D eigenvalue weighted by molar-refractivity contribution is 9.10. The van der Waals surface area contributed by atoms with E-state index in [-0.39, 0.29) is 22.0 Å². The fourth-order valence-electron chi connectivity index (χ4n) is 2.10. The summed E-state index contributed by atoms with van der Waals surface area (Å²) in [4.78, 5) is 0. The summed E-state index contributed by atoms with van der Waals surface area (Å²) in [6.45, 7) is 0. The van der Waals surface area contributed by atoms with E-state index in [1.54, 1.807) is 0 Å². The normalized spacial score (nSPS) is 12.5. The lowest BCUT2D eigenvalue weighted by atomic mass is 9.97. The van der Waals surface area contributed by atoms with Crippen LogP contribution in [0.25, 0.3) is 0 Å². The average Bonchev–Trinajstić information content (AvgIpc) is 2.43. The quantitative estimate of drug-likeness (QED) is 0.624. The molecule has 0 aliphatic rings. The maximum atomic E-state index is 13.9. The maximum Gasteiger partial charge on any atom is 0.137 e. The van der Waals surface area contributed by atoms with Crippen LogP contribution in [0.5, 0.6) is 0 Å². The molecule has 6 heteroatoms. The molecule has 0 aliphatic carbocycles. The number of halogens is 5. The van der Waals surface area contributed by atoms with Gasteiger partial charge in [-0.05, 0) is 53.7 Å². The maximum absolute atomic E-state index is 13.9. The number of likely N-dealkylation sites (N-methyl/N-ethyl adjacent to an activating group) is 1. The van der Waals surface area contributed by atoms with E-state index in [4.69, 9.17) is 0 Å². The minimum Gasteiger partial charge on any atom is -0.313 e. The molecule has 0 aliphatic heterocycles. The predicted molar refractivity (Wildman–Crippen MR) is 75.9 cm³/mol. The van der Waals surface area contributed by atoms with E-state index in [1.165, 1.54) is 13.1 Å². The Morgan fingerprint density at radius 1 is 1.00 bits per heavy atom. The molecule has 1 N–H and O–H groups in total. The average molecular weight is 362 g/mol. The SMILES string of the molecule is CNC(Cc1c(F)cccc1F)c1cc(F)c(Br)cc1F. The molecule has 0 heterocycles. The Morgan fingerprint density at radius 2 is 1.62 bits per heavy atom. The smallest absolute Gasteiger partial charge is 0.137 e. The third kappa shape index (κ3) is 3.44. The Hall–Kier alpha value is -1.40. The van der Waals surface area contributed by atoms with Crippen LogP contribution in [0.1, 0.15) is 17.2 Å². The third-order valence-corrected chi connectivity index (χ3v) is 3.84. The Kier molecular flexibility index (Phi) is 5.00. The fraction of sp³-hybridized carbons (Fsp3) is 0.200. The van der Waals surface area contributed by atoms with Crippen LogP contribution in [0.4, 0.5) is 17.6 Å². The van der Waals surface area contributed by atoms with Crippen LogP contribution in [0.2, 0.25) is 0 Å². The van der Waals surface area contributed by atoms with Gasteiger partial charge in [0, 0.05) is 17.2 Å². The second kappa shape index (κ2) is 6.58. The summed E-state index contributed by atoms with van der Waals surface area (Å²) in [7, 11) is 1.52. The topological polar surface area (TPSA) is 12.0 Å². The van der Waals surface area contributed by atoms with Gasteiger partial charge in [0.25, 0.3) is 0 Å². The van der Waals surface area contributed by atoms with Crippen molar-refractivity contribution in [3.05, 3.63) is 69.2 Å². The van der Waals surface area contributed by atoms with Gasteiger partial charge in [-0.2, -0.15) is 0 Å². The van der Waals surface area contributed by atoms with E-state index in [9.17, 15) is 17.6 Å². The first kappa shape index (κ1) is 16.0. The summed E-state index contributed by atoms with van der Waals surface area (Å²) in [6.07, 6.45) is -0.132. The summed E-state index contributed by atoms with van der Waals surface area (Å²) in [5.74, 6) is -2.72. The zero-order valence-electron chi connectivity index (χ0n) is 11.1. The van der Waals surface area contributed by atoms with Gasteiger partial charge in [-0.25, -0.2) is 17.6 Å². The Labute approximate surface area is 128 Å². The molecule has 1 atom stereocenters. The van der Waals surface area contributed by atoms with Gasteiger partial charge in [0.05, 0.1) is 4.47 Å². The van der Waals surface area contributed by atoms with E-state index < -0.39 is 29.3 Å². The molecule has 1 nitrogen and oxygen atoms in total. The molecule has 112 valence electrons. The van der Waals surface area contributed by atoms with Crippen molar-refractivity contribution in [3.8, 4) is 0 Å². The number of hydrogen-bond acceptors (Lipinski definition) is 1. The van der Waals surface area contributed by atoms with Gasteiger partial charge in [-0.1, -0.05) is 6.07 Å². The van der Waals surface area contributed by atoms with Gasteiger partial charge in [0.2, 0.25) is 0 Å². The first-order chi connectivity index (χ1) is 9.93. The van der Waals surface area contributed by atoms with Crippen molar-refractivity contribution in [2.24, 2.45) is 0 Å². The molecule has 0 amide bonds. The molecule has 0 saturated heterocycles. The van der Waals surface area contributed by atoms with Gasteiger partial charge >= 0.3 is 0 Å². The number of nitrogens with one attached hydrogen (secondary N) is 1. The monoisotopic (exact) mass is 361 g/mol. The molecular formula is C15H12BrF4N. The first-order valence-electron chi connectivity index (χ1n) is 6.18. The molecule has 2 aromatic carbocycles. The van der Waals surface area contributed by atoms with Crippen molar-refractivity contribution in [2.75, 3.05) is 7.05 Å². The van der Waals surface area contributed by atoms with Crippen LogP contribution in [-0.2, 0) is 6.42 Å². The molecule has 0 fully saturated rings. The summed E-state index contributed by atoms with van der Waals surface area (Å²) in [5.41, 5.74) is -0.152. The number of rotatable bonds is 4. The molecule has 0 spiro atoms. The predicted octanol–water partition coefficient (Wildman–Crippen LogP) is 4.51. The lowest BCUT2D eigenvalue weighted by Crippen LogP contribution is -2.21. The minimum absolute atomic E-state index is 0.00400. The Morgan fingerprint density at radius 3 is 2.19 bits per heavy atom. The van der Waals surface area contributed by atoms with E-state index in [1.807, 2.05) is 0 Å². The molecule has 0 bridgehead atoms. The van der Waals surface area contributed by atoms with Gasteiger partial charge in [-0.3, -0.25) is 0 Å². The molecule has 1 unspecified atom stereocenters. The Balaban J connectivity index is 2.39. The number of hydrogen-bond donors (Lipinski definition) is 1. The van der Waals surface area contributed by atoms with Crippen LogP contribution >= 0.6 is 15.9 Å². The van der Waals surface area contributed by atoms with Crippen LogP contribution in [0.3, 0.4) is 0 Å². The van der Waals surface area contributed by atoms with Crippen molar-refractivity contribution in [1.82, 2.24) is 5.32 Å². The summed E-state index contributed by atoms with van der Waals surface area (Å²) in [5, 5.41) is 2.75. The van der Waals surface area contributed by atoms with E-state index in [0.29, 0.717) is 0 Å². The Bertz CT molecular complexity index is 640. The molecular weight excluding hydrogens is 350 g/mol. The standard InChI is InChI=1S/C15H12BrF4N/c1-21-15(6-8-11(17)3-2-4-12(8)18)9-5-14(20)10(16)7-13(9)19/h2-5,7,15,21H,6H2,1H3. The third-order valence-electron chi connectivity index (χ3n) is 3.23. The lowest BCUT2D eigenvalue weighted by Gasteiger charge is -2.18. The second-order valence-corrected chi connectivity index (χ2v) is 5.39. The highest BCUT2D eigenvalue weighted by Crippen LogP contribution is 2.27. The van der Waals surface area contributed by atoms with Crippen LogP contribution < -0.4 is 5.32 Å². The summed E-state index contributed by atoms with van der Waals surface area (Å²) < 4.78 is 54.8. The minimum atomic E-state index is -0.751. The zero-order chi connectivity index (χ0) is 15.6.